The predicted molar refractivity (Wildman–Crippen MR) is 67.8 cm³/mol. The van der Waals surface area contributed by atoms with Crippen molar-refractivity contribution in [3.63, 3.8) is 0 Å². The van der Waals surface area contributed by atoms with Crippen LogP contribution in [0.2, 0.25) is 10.0 Å². The molecule has 98 valence electrons. The Balaban J connectivity index is 2.82. The van der Waals surface area contributed by atoms with Gasteiger partial charge >= 0.3 is 6.18 Å². The number of halogens is 6. The molecule has 0 saturated heterocycles. The van der Waals surface area contributed by atoms with Gasteiger partial charge in [0.05, 0.1) is 21.8 Å². The smallest absolute Gasteiger partial charge is 0.382 e. The summed E-state index contributed by atoms with van der Waals surface area (Å²) in [4.78, 5) is 0. The fourth-order valence-corrected chi connectivity index (χ4v) is 1.95. The molecule has 18 heavy (non-hydrogen) atoms. The third-order valence-corrected chi connectivity index (χ3v) is 3.85. The summed E-state index contributed by atoms with van der Waals surface area (Å²) in [7, 11) is 0. The van der Waals surface area contributed by atoms with Crippen LogP contribution in [0.4, 0.5) is 18.9 Å². The normalized spacial score (nSPS) is 12.9. The number of hydrogen-bond acceptors (Lipinski definition) is 2. The lowest BCUT2D eigenvalue weighted by molar-refractivity contribution is -0.155. The zero-order chi connectivity index (χ0) is 13.9. The molecule has 0 spiro atoms. The van der Waals surface area contributed by atoms with Crippen molar-refractivity contribution in [1.29, 1.82) is 5.26 Å². The highest BCUT2D eigenvalue weighted by Crippen LogP contribution is 2.36. The number of nitrogens with one attached hydrogen (secondary N) is 1. The molecule has 1 aromatic carbocycles. The lowest BCUT2D eigenvalue weighted by Crippen LogP contribution is -2.28. The fraction of sp³-hybridized carbons (Fsp3) is 0.300. The van der Waals surface area contributed by atoms with Gasteiger partial charge in [-0.05, 0) is 28.1 Å². The maximum absolute atomic E-state index is 12.3. The van der Waals surface area contributed by atoms with E-state index in [0.717, 1.165) is 0 Å². The molecule has 0 saturated carbocycles. The van der Waals surface area contributed by atoms with Gasteiger partial charge in [0.25, 0.3) is 0 Å². The maximum atomic E-state index is 12.3. The topological polar surface area (TPSA) is 35.8 Å². The van der Waals surface area contributed by atoms with E-state index in [1.54, 1.807) is 6.07 Å². The average Bonchev–Trinajstić information content (AvgIpc) is 2.28. The molecule has 1 atom stereocenters. The number of rotatable bonds is 3. The first kappa shape index (κ1) is 15.4. The number of nitrogens with zero attached hydrogens (tertiary/aromatic N) is 1. The van der Waals surface area contributed by atoms with Gasteiger partial charge in [-0.3, -0.25) is 0 Å². The Morgan fingerprint density at radius 1 is 1.33 bits per heavy atom. The van der Waals surface area contributed by atoms with Gasteiger partial charge in [-0.15, -0.1) is 0 Å². The summed E-state index contributed by atoms with van der Waals surface area (Å²) in [5.41, 5.74) is 0.245. The summed E-state index contributed by atoms with van der Waals surface area (Å²) in [6.07, 6.45) is -4.58. The summed E-state index contributed by atoms with van der Waals surface area (Å²) in [6.45, 7) is -0.586. The van der Waals surface area contributed by atoms with Gasteiger partial charge in [-0.25, -0.2) is 0 Å². The van der Waals surface area contributed by atoms with Crippen LogP contribution in [0.5, 0.6) is 0 Å². The van der Waals surface area contributed by atoms with Crippen LogP contribution in [0.3, 0.4) is 0 Å². The number of nitriles is 1. The Labute approximate surface area is 120 Å². The molecule has 0 amide bonds. The van der Waals surface area contributed by atoms with Crippen LogP contribution in [-0.4, -0.2) is 12.7 Å². The Hall–Kier alpha value is -0.640. The van der Waals surface area contributed by atoms with Crippen molar-refractivity contribution in [3.8, 4) is 6.07 Å². The molecule has 0 heterocycles. The highest BCUT2D eigenvalue weighted by molar-refractivity contribution is 9.10. The van der Waals surface area contributed by atoms with Gasteiger partial charge in [-0.1, -0.05) is 23.2 Å². The van der Waals surface area contributed by atoms with E-state index in [1.807, 2.05) is 0 Å². The zero-order valence-electron chi connectivity index (χ0n) is 8.65. The quantitative estimate of drug-likeness (QED) is 0.779. The molecule has 0 aromatic heterocycles. The van der Waals surface area contributed by atoms with Crippen LogP contribution in [0.15, 0.2) is 16.6 Å². The van der Waals surface area contributed by atoms with E-state index in [2.05, 4.69) is 21.2 Å². The van der Waals surface area contributed by atoms with E-state index in [4.69, 9.17) is 28.5 Å². The second-order valence-electron chi connectivity index (χ2n) is 3.33. The number of hydrogen-bond donors (Lipinski definition) is 1. The first-order chi connectivity index (χ1) is 8.27. The van der Waals surface area contributed by atoms with Gasteiger partial charge < -0.3 is 5.32 Å². The molecule has 0 radical (unpaired) electrons. The van der Waals surface area contributed by atoms with E-state index in [-0.39, 0.29) is 15.7 Å². The molecule has 1 rings (SSSR count). The van der Waals surface area contributed by atoms with Gasteiger partial charge in [0.2, 0.25) is 0 Å². The largest absolute Gasteiger partial charge is 0.406 e. The van der Waals surface area contributed by atoms with Gasteiger partial charge in [0.1, 0.15) is 0 Å². The molecule has 8 heteroatoms. The minimum absolute atomic E-state index is 0.102. The van der Waals surface area contributed by atoms with Gasteiger partial charge in [0.15, 0.2) is 5.92 Å². The number of alkyl halides is 3. The molecule has 1 unspecified atom stereocenters. The van der Waals surface area contributed by atoms with Gasteiger partial charge in [0, 0.05) is 11.0 Å². The van der Waals surface area contributed by atoms with Crippen molar-refractivity contribution in [2.45, 2.75) is 6.18 Å². The van der Waals surface area contributed by atoms with Crippen LogP contribution in [0.25, 0.3) is 0 Å². The van der Waals surface area contributed by atoms with Gasteiger partial charge in [-0.2, -0.15) is 18.4 Å². The van der Waals surface area contributed by atoms with Crippen molar-refractivity contribution in [1.82, 2.24) is 0 Å². The standard InChI is InChI=1S/C10H6BrCl2F3N2/c11-6-1-2-7(9(13)8(6)12)18-4-5(3-17)10(14,15)16/h1-2,5,18H,4H2. The van der Waals surface area contributed by atoms with Crippen LogP contribution in [0, 0.1) is 17.2 Å². The molecule has 0 aliphatic carbocycles. The number of benzene rings is 1. The maximum Gasteiger partial charge on any atom is 0.406 e. The third kappa shape index (κ3) is 3.67. The SMILES string of the molecule is N#CC(CNc1ccc(Br)c(Cl)c1Cl)C(F)(F)F. The molecule has 0 fully saturated rings. The molecule has 2 nitrogen and oxygen atoms in total. The Morgan fingerprint density at radius 3 is 2.44 bits per heavy atom. The predicted octanol–water partition coefficient (Wildman–Crippen LogP) is 4.87. The van der Waals surface area contributed by atoms with Crippen LogP contribution >= 0.6 is 39.1 Å². The highest BCUT2D eigenvalue weighted by atomic mass is 79.9. The van der Waals surface area contributed by atoms with Crippen molar-refractivity contribution < 1.29 is 13.2 Å². The second-order valence-corrected chi connectivity index (χ2v) is 4.94. The van der Waals surface area contributed by atoms with Crippen molar-refractivity contribution >= 4 is 44.8 Å². The Kier molecular flexibility index (Phi) is 5.14. The highest BCUT2D eigenvalue weighted by Gasteiger charge is 2.39. The van der Waals surface area contributed by atoms with E-state index < -0.39 is 18.6 Å². The van der Waals surface area contributed by atoms with E-state index >= 15 is 0 Å². The van der Waals surface area contributed by atoms with Crippen LogP contribution < -0.4 is 5.32 Å². The summed E-state index contributed by atoms with van der Waals surface area (Å²) in [6, 6.07) is 4.21. The number of anilines is 1. The second kappa shape index (κ2) is 6.00. The Morgan fingerprint density at radius 2 is 1.94 bits per heavy atom. The minimum Gasteiger partial charge on any atom is -0.382 e. The van der Waals surface area contributed by atoms with E-state index in [9.17, 15) is 13.2 Å². The molecule has 0 bridgehead atoms. The Bertz CT molecular complexity index is 485. The van der Waals surface area contributed by atoms with Crippen molar-refractivity contribution in [2.75, 3.05) is 11.9 Å². The van der Waals surface area contributed by atoms with E-state index in [0.29, 0.717) is 4.47 Å². The fourth-order valence-electron chi connectivity index (χ4n) is 1.11. The average molecular weight is 362 g/mol. The lowest BCUT2D eigenvalue weighted by Gasteiger charge is -2.16. The first-order valence-electron chi connectivity index (χ1n) is 4.61. The minimum atomic E-state index is -4.58. The monoisotopic (exact) mass is 360 g/mol. The molecule has 0 aliphatic heterocycles. The van der Waals surface area contributed by atoms with Crippen molar-refractivity contribution in [2.24, 2.45) is 5.92 Å². The van der Waals surface area contributed by atoms with Crippen LogP contribution in [0.1, 0.15) is 0 Å². The molecular weight excluding hydrogens is 356 g/mol. The summed E-state index contributed by atoms with van der Waals surface area (Å²) in [5.74, 6) is -2.10. The van der Waals surface area contributed by atoms with Crippen molar-refractivity contribution in [3.05, 3.63) is 26.7 Å². The first-order valence-corrected chi connectivity index (χ1v) is 6.16. The molecular formula is C10H6BrCl2F3N2. The zero-order valence-corrected chi connectivity index (χ0v) is 11.8. The third-order valence-electron chi connectivity index (χ3n) is 2.08. The summed E-state index contributed by atoms with van der Waals surface area (Å²) in [5, 5.41) is 11.2. The molecule has 1 N–H and O–H groups in total. The van der Waals surface area contributed by atoms with E-state index in [1.165, 1.54) is 12.1 Å². The summed E-state index contributed by atoms with van der Waals surface area (Å²) < 4.78 is 37.5. The molecule has 1 aromatic rings. The summed E-state index contributed by atoms with van der Waals surface area (Å²) >= 11 is 14.8. The lowest BCUT2D eigenvalue weighted by atomic mass is 10.1. The molecule has 0 aliphatic rings. The van der Waals surface area contributed by atoms with Crippen LogP contribution in [-0.2, 0) is 0 Å².